The molecule has 6 rings (SSSR count). The molecule has 0 atom stereocenters. The van der Waals surface area contributed by atoms with Crippen LogP contribution in [-0.4, -0.2) is 85.3 Å². The number of rotatable bonds is 11. The maximum absolute atomic E-state index is 11.8. The quantitative estimate of drug-likeness (QED) is 0.171. The molecule has 11 heteroatoms. The lowest BCUT2D eigenvalue weighted by molar-refractivity contribution is -0.130. The van der Waals surface area contributed by atoms with E-state index in [4.69, 9.17) is 42.4 Å². The fourth-order valence-corrected chi connectivity index (χ4v) is 7.57. The second-order valence-corrected chi connectivity index (χ2v) is 13.8. The minimum absolute atomic E-state index is 0.145. The van der Waals surface area contributed by atoms with E-state index in [1.54, 1.807) is 27.3 Å². The lowest BCUT2D eigenvalue weighted by Gasteiger charge is -2.36. The van der Waals surface area contributed by atoms with Crippen LogP contribution >= 0.6 is 23.2 Å². The van der Waals surface area contributed by atoms with Crippen molar-refractivity contribution < 1.29 is 19.0 Å². The molecule has 0 radical (unpaired) electrons. The summed E-state index contributed by atoms with van der Waals surface area (Å²) in [5.41, 5.74) is 6.59. The summed E-state index contributed by atoms with van der Waals surface area (Å²) in [6, 6.07) is 18.7. The van der Waals surface area contributed by atoms with E-state index >= 15 is 0 Å². The van der Waals surface area contributed by atoms with Crippen LogP contribution in [0.15, 0.2) is 60.8 Å². The number of benzene rings is 2. The largest absolute Gasteiger partial charge is 0.496 e. The van der Waals surface area contributed by atoms with Gasteiger partial charge in [0, 0.05) is 98.0 Å². The minimum atomic E-state index is 0.145. The van der Waals surface area contributed by atoms with E-state index in [9.17, 15) is 4.79 Å². The molecule has 4 heterocycles. The van der Waals surface area contributed by atoms with E-state index in [0.717, 1.165) is 97.7 Å². The fourth-order valence-electron chi connectivity index (χ4n) is 6.92. The first-order valence-corrected chi connectivity index (χ1v) is 17.9. The summed E-state index contributed by atoms with van der Waals surface area (Å²) in [4.78, 5) is 25.6. The number of amides is 1. The maximum Gasteiger partial charge on any atom is 0.219 e. The number of hydrogen-bond donors (Lipinski definition) is 1. The molecule has 2 aliphatic heterocycles. The zero-order valence-electron chi connectivity index (χ0n) is 29.2. The monoisotopic (exact) mass is 717 g/mol. The number of halogens is 2. The number of ether oxygens (including phenoxy) is 3. The normalized spacial score (nSPS) is 15.8. The van der Waals surface area contributed by atoms with Gasteiger partial charge in [0.05, 0.1) is 35.7 Å². The average molecular weight is 719 g/mol. The lowest BCUT2D eigenvalue weighted by atomic mass is 9.98. The zero-order valence-corrected chi connectivity index (χ0v) is 30.7. The van der Waals surface area contributed by atoms with Crippen LogP contribution in [0, 0.1) is 0 Å². The van der Waals surface area contributed by atoms with Gasteiger partial charge >= 0.3 is 0 Å². The summed E-state index contributed by atoms with van der Waals surface area (Å²) in [6.07, 6.45) is 5.65. The smallest absolute Gasteiger partial charge is 0.219 e. The third kappa shape index (κ3) is 8.08. The number of carbonyl (C=O) groups is 1. The number of aromatic nitrogens is 2. The van der Waals surface area contributed by atoms with Crippen LogP contribution < -0.4 is 14.8 Å². The van der Waals surface area contributed by atoms with Gasteiger partial charge in [0.25, 0.3) is 0 Å². The van der Waals surface area contributed by atoms with Crippen molar-refractivity contribution in [3.8, 4) is 45.3 Å². The minimum Gasteiger partial charge on any atom is -0.496 e. The molecule has 2 saturated heterocycles. The van der Waals surface area contributed by atoms with Gasteiger partial charge in [0.15, 0.2) is 0 Å². The second kappa shape index (κ2) is 16.5. The van der Waals surface area contributed by atoms with Gasteiger partial charge in [-0.25, -0.2) is 4.98 Å². The highest BCUT2D eigenvalue weighted by Crippen LogP contribution is 2.42. The highest BCUT2D eigenvalue weighted by Gasteiger charge is 2.25. The van der Waals surface area contributed by atoms with Gasteiger partial charge in [-0.15, -0.1) is 0 Å². The van der Waals surface area contributed by atoms with Crippen molar-refractivity contribution in [2.24, 2.45) is 0 Å². The molecular weight excluding hydrogens is 673 g/mol. The Labute approximate surface area is 304 Å². The summed E-state index contributed by atoms with van der Waals surface area (Å²) in [5.74, 6) is 1.48. The Morgan fingerprint density at radius 1 is 0.940 bits per heavy atom. The molecule has 1 amide bonds. The molecular formula is C39H45Cl2N5O4. The van der Waals surface area contributed by atoms with Crippen LogP contribution in [0.2, 0.25) is 10.0 Å². The first-order valence-electron chi connectivity index (χ1n) is 17.2. The molecule has 0 spiro atoms. The number of hydrogen-bond acceptors (Lipinski definition) is 8. The number of methoxy groups -OCH3 is 2. The Bertz CT molecular complexity index is 1810. The standard InChI is InChI=1S/C39H45Cl2N5O4/c1-25(47)46-18-13-30(14-19-46)45(2)24-28-9-8-26(22-35(28)48-3)38-37(41)32(12-17-42-38)31-6-5-7-33(36(31)40)34-11-10-27(39(44-34)49-4)23-43-29-15-20-50-21-16-29/h5-12,17,22,29-30,43H,13-16,18-21,23-24H2,1-4H3. The highest BCUT2D eigenvalue weighted by atomic mass is 35.5. The topological polar surface area (TPSA) is 89.0 Å². The maximum atomic E-state index is 11.8. The number of carbonyl (C=O) groups excluding carboxylic acids is 1. The van der Waals surface area contributed by atoms with Gasteiger partial charge in [0.1, 0.15) is 5.75 Å². The Morgan fingerprint density at radius 3 is 2.38 bits per heavy atom. The van der Waals surface area contributed by atoms with Crippen molar-refractivity contribution >= 4 is 29.1 Å². The zero-order chi connectivity index (χ0) is 35.2. The molecule has 4 aromatic rings. The van der Waals surface area contributed by atoms with E-state index in [1.165, 1.54) is 0 Å². The Hall–Kier alpha value is -3.73. The Balaban J connectivity index is 1.22. The molecule has 0 unspecified atom stereocenters. The number of nitrogens with one attached hydrogen (secondary N) is 1. The Morgan fingerprint density at radius 2 is 1.66 bits per heavy atom. The van der Waals surface area contributed by atoms with Crippen LogP contribution in [0.1, 0.15) is 43.7 Å². The van der Waals surface area contributed by atoms with E-state index in [0.29, 0.717) is 45.9 Å². The first kappa shape index (κ1) is 36.1. The average Bonchev–Trinajstić information content (AvgIpc) is 3.15. The molecule has 2 fully saturated rings. The summed E-state index contributed by atoms with van der Waals surface area (Å²) < 4.78 is 17.0. The molecule has 9 nitrogen and oxygen atoms in total. The van der Waals surface area contributed by atoms with Crippen LogP contribution in [0.5, 0.6) is 11.6 Å². The second-order valence-electron chi connectivity index (χ2n) is 13.0. The third-order valence-electron chi connectivity index (χ3n) is 9.90. The fraction of sp³-hybridized carbons (Fsp3) is 0.410. The van der Waals surface area contributed by atoms with Crippen molar-refractivity contribution in [1.29, 1.82) is 0 Å². The van der Waals surface area contributed by atoms with Gasteiger partial charge in [-0.1, -0.05) is 59.6 Å². The molecule has 50 heavy (non-hydrogen) atoms. The first-order chi connectivity index (χ1) is 24.3. The van der Waals surface area contributed by atoms with Crippen LogP contribution in [0.3, 0.4) is 0 Å². The number of nitrogens with zero attached hydrogens (tertiary/aromatic N) is 4. The van der Waals surface area contributed by atoms with Crippen molar-refractivity contribution in [2.75, 3.05) is 47.6 Å². The molecule has 2 aromatic carbocycles. The molecule has 0 bridgehead atoms. The van der Waals surface area contributed by atoms with E-state index < -0.39 is 0 Å². The SMILES string of the molecule is COc1cc(-c2nccc(-c3cccc(-c4ccc(CNC5CCOCC5)c(OC)n4)c3Cl)c2Cl)ccc1CN(C)C1CCN(C(C)=O)CC1. The summed E-state index contributed by atoms with van der Waals surface area (Å²) in [5, 5.41) is 4.64. The van der Waals surface area contributed by atoms with E-state index in [2.05, 4.69) is 28.3 Å². The van der Waals surface area contributed by atoms with E-state index in [-0.39, 0.29) is 5.91 Å². The van der Waals surface area contributed by atoms with Gasteiger partial charge in [-0.2, -0.15) is 0 Å². The summed E-state index contributed by atoms with van der Waals surface area (Å²) in [7, 11) is 5.46. The molecule has 2 aliphatic rings. The van der Waals surface area contributed by atoms with E-state index in [1.807, 2.05) is 53.4 Å². The van der Waals surface area contributed by atoms with Crippen molar-refractivity contribution in [2.45, 2.75) is 57.8 Å². The number of pyridine rings is 2. The highest BCUT2D eigenvalue weighted by molar-refractivity contribution is 6.39. The van der Waals surface area contributed by atoms with Gasteiger partial charge in [-0.05, 0) is 50.9 Å². The molecule has 2 aromatic heterocycles. The van der Waals surface area contributed by atoms with Crippen molar-refractivity contribution in [1.82, 2.24) is 25.1 Å². The molecule has 1 N–H and O–H groups in total. The van der Waals surface area contributed by atoms with Gasteiger partial charge in [-0.3, -0.25) is 14.7 Å². The molecule has 264 valence electrons. The number of piperidine rings is 1. The van der Waals surface area contributed by atoms with Gasteiger partial charge < -0.3 is 24.4 Å². The number of likely N-dealkylation sites (tertiary alicyclic amines) is 1. The molecule has 0 saturated carbocycles. The molecule has 0 aliphatic carbocycles. The van der Waals surface area contributed by atoms with Crippen molar-refractivity contribution in [3.05, 3.63) is 82.0 Å². The van der Waals surface area contributed by atoms with Crippen LogP contribution in [-0.2, 0) is 22.6 Å². The summed E-state index contributed by atoms with van der Waals surface area (Å²) in [6.45, 7) is 6.18. The van der Waals surface area contributed by atoms with Crippen LogP contribution in [0.4, 0.5) is 0 Å². The lowest BCUT2D eigenvalue weighted by Crippen LogP contribution is -2.44. The summed E-state index contributed by atoms with van der Waals surface area (Å²) >= 11 is 14.2. The third-order valence-corrected chi connectivity index (χ3v) is 10.7. The Kier molecular flexibility index (Phi) is 11.9. The van der Waals surface area contributed by atoms with Crippen molar-refractivity contribution in [3.63, 3.8) is 0 Å². The van der Waals surface area contributed by atoms with Crippen LogP contribution in [0.25, 0.3) is 33.6 Å². The van der Waals surface area contributed by atoms with Gasteiger partial charge in [0.2, 0.25) is 11.8 Å². The predicted octanol–water partition coefficient (Wildman–Crippen LogP) is 7.51. The predicted molar refractivity (Wildman–Crippen MR) is 199 cm³/mol.